The summed E-state index contributed by atoms with van der Waals surface area (Å²) in [5, 5.41) is 8.86. The molecule has 2 aromatic rings. The van der Waals surface area contributed by atoms with Crippen LogP contribution in [0.4, 0.5) is 5.69 Å². The number of ether oxygens (including phenoxy) is 2. The summed E-state index contributed by atoms with van der Waals surface area (Å²) in [6.07, 6.45) is 1.72. The Balaban J connectivity index is 1.92. The highest BCUT2D eigenvalue weighted by Crippen LogP contribution is 2.40. The molecule has 0 aromatic heterocycles. The standard InChI is InChI=1S/C20H16BrNO5S2/c1-2-26-15-9-12(8-14(21)18(15)27-11-17(23)24)10-16-19(25)22(20(28)29-16)13-6-4-3-5-7-13/h3-10H,2,11H2,1H3,(H,23,24)/b16-10+. The number of halogens is 1. The second-order valence-electron chi connectivity index (χ2n) is 5.80. The molecule has 1 saturated heterocycles. The third-order valence-electron chi connectivity index (χ3n) is 3.78. The van der Waals surface area contributed by atoms with Crippen molar-refractivity contribution >= 4 is 67.9 Å². The quantitative estimate of drug-likeness (QED) is 0.441. The van der Waals surface area contributed by atoms with Crippen LogP contribution in [0.3, 0.4) is 0 Å². The fourth-order valence-electron chi connectivity index (χ4n) is 2.63. The van der Waals surface area contributed by atoms with Gasteiger partial charge in [-0.25, -0.2) is 4.79 Å². The first-order valence-corrected chi connectivity index (χ1v) is 10.6. The van der Waals surface area contributed by atoms with Crippen LogP contribution < -0.4 is 14.4 Å². The molecule has 1 fully saturated rings. The molecule has 0 atom stereocenters. The second-order valence-corrected chi connectivity index (χ2v) is 8.33. The highest BCUT2D eigenvalue weighted by molar-refractivity contribution is 9.10. The zero-order valence-electron chi connectivity index (χ0n) is 15.3. The smallest absolute Gasteiger partial charge is 0.341 e. The van der Waals surface area contributed by atoms with Crippen LogP contribution in [0.5, 0.6) is 11.5 Å². The van der Waals surface area contributed by atoms with E-state index in [2.05, 4.69) is 15.9 Å². The van der Waals surface area contributed by atoms with Gasteiger partial charge in [-0.15, -0.1) is 0 Å². The van der Waals surface area contributed by atoms with E-state index in [-0.39, 0.29) is 5.91 Å². The van der Waals surface area contributed by atoms with Gasteiger partial charge in [-0.2, -0.15) is 0 Å². The largest absolute Gasteiger partial charge is 0.490 e. The van der Waals surface area contributed by atoms with E-state index in [1.54, 1.807) is 18.2 Å². The third kappa shape index (κ3) is 4.98. The molecule has 0 saturated carbocycles. The summed E-state index contributed by atoms with van der Waals surface area (Å²) in [5.74, 6) is -0.615. The van der Waals surface area contributed by atoms with Crippen LogP contribution in [0.1, 0.15) is 12.5 Å². The number of para-hydroxylation sites is 1. The molecule has 9 heteroatoms. The van der Waals surface area contributed by atoms with Gasteiger partial charge in [0.1, 0.15) is 0 Å². The van der Waals surface area contributed by atoms with E-state index in [9.17, 15) is 9.59 Å². The summed E-state index contributed by atoms with van der Waals surface area (Å²) in [6.45, 7) is 1.69. The maximum Gasteiger partial charge on any atom is 0.341 e. The molecule has 2 aromatic carbocycles. The minimum Gasteiger partial charge on any atom is -0.490 e. The predicted molar refractivity (Wildman–Crippen MR) is 121 cm³/mol. The Morgan fingerprint density at radius 2 is 2.00 bits per heavy atom. The topological polar surface area (TPSA) is 76.1 Å². The third-order valence-corrected chi connectivity index (χ3v) is 5.67. The summed E-state index contributed by atoms with van der Waals surface area (Å²) in [7, 11) is 0. The van der Waals surface area contributed by atoms with Crippen LogP contribution >= 0.6 is 39.9 Å². The molecule has 1 amide bonds. The van der Waals surface area contributed by atoms with E-state index in [1.807, 2.05) is 37.3 Å². The van der Waals surface area contributed by atoms with Crippen molar-refractivity contribution in [1.82, 2.24) is 0 Å². The van der Waals surface area contributed by atoms with E-state index in [1.165, 1.54) is 16.7 Å². The number of amides is 1. The molecule has 1 aliphatic heterocycles. The van der Waals surface area contributed by atoms with Gasteiger partial charge >= 0.3 is 5.97 Å². The van der Waals surface area contributed by atoms with E-state index in [0.717, 1.165) is 0 Å². The van der Waals surface area contributed by atoms with Crippen molar-refractivity contribution < 1.29 is 24.2 Å². The van der Waals surface area contributed by atoms with E-state index >= 15 is 0 Å². The van der Waals surface area contributed by atoms with E-state index < -0.39 is 12.6 Å². The maximum atomic E-state index is 12.9. The van der Waals surface area contributed by atoms with Crippen molar-refractivity contribution in [3.8, 4) is 11.5 Å². The maximum absolute atomic E-state index is 12.9. The number of carboxylic acids is 1. The second kappa shape index (κ2) is 9.43. The summed E-state index contributed by atoms with van der Waals surface area (Å²) in [5.41, 5.74) is 1.41. The highest BCUT2D eigenvalue weighted by atomic mass is 79.9. The minimum atomic E-state index is -1.09. The Morgan fingerprint density at radius 3 is 2.66 bits per heavy atom. The lowest BCUT2D eigenvalue weighted by atomic mass is 10.1. The van der Waals surface area contributed by atoms with Crippen molar-refractivity contribution in [2.45, 2.75) is 6.92 Å². The number of thiocarbonyl (C=S) groups is 1. The van der Waals surface area contributed by atoms with Crippen LogP contribution in [-0.4, -0.2) is 34.5 Å². The Labute approximate surface area is 185 Å². The molecule has 0 bridgehead atoms. The first-order valence-electron chi connectivity index (χ1n) is 8.54. The fourth-order valence-corrected chi connectivity index (χ4v) is 4.50. The summed E-state index contributed by atoms with van der Waals surface area (Å²) in [4.78, 5) is 25.7. The van der Waals surface area contributed by atoms with Gasteiger partial charge in [-0.05, 0) is 58.8 Å². The highest BCUT2D eigenvalue weighted by Gasteiger charge is 2.33. The van der Waals surface area contributed by atoms with Crippen LogP contribution in [-0.2, 0) is 9.59 Å². The number of hydrogen-bond acceptors (Lipinski definition) is 6. The molecule has 0 aliphatic carbocycles. The number of hydrogen-bond donors (Lipinski definition) is 1. The van der Waals surface area contributed by atoms with Crippen LogP contribution in [0.25, 0.3) is 6.08 Å². The SMILES string of the molecule is CCOc1cc(/C=C2/SC(=S)N(c3ccccc3)C2=O)cc(Br)c1OCC(=O)O. The van der Waals surface area contributed by atoms with Crippen molar-refractivity contribution in [2.75, 3.05) is 18.1 Å². The lowest BCUT2D eigenvalue weighted by molar-refractivity contribution is -0.139. The lowest BCUT2D eigenvalue weighted by Gasteiger charge is -2.14. The number of carbonyl (C=O) groups is 2. The first-order chi connectivity index (χ1) is 13.9. The molecule has 0 spiro atoms. The summed E-state index contributed by atoms with van der Waals surface area (Å²) >= 11 is 9.99. The molecular formula is C20H16BrNO5S2. The molecule has 6 nitrogen and oxygen atoms in total. The van der Waals surface area contributed by atoms with Gasteiger partial charge in [0.15, 0.2) is 22.4 Å². The van der Waals surface area contributed by atoms with Gasteiger partial charge in [-0.3, -0.25) is 9.69 Å². The van der Waals surface area contributed by atoms with E-state index in [0.29, 0.717) is 43.1 Å². The van der Waals surface area contributed by atoms with Gasteiger partial charge in [0.05, 0.1) is 21.7 Å². The molecule has 150 valence electrons. The molecular weight excluding hydrogens is 478 g/mol. The van der Waals surface area contributed by atoms with Crippen molar-refractivity contribution in [1.29, 1.82) is 0 Å². The number of carbonyl (C=O) groups excluding carboxylic acids is 1. The number of rotatable bonds is 7. The molecule has 1 heterocycles. The monoisotopic (exact) mass is 493 g/mol. The van der Waals surface area contributed by atoms with Crippen LogP contribution in [0, 0.1) is 0 Å². The molecule has 0 unspecified atom stereocenters. The van der Waals surface area contributed by atoms with Crippen molar-refractivity contribution in [3.63, 3.8) is 0 Å². The summed E-state index contributed by atoms with van der Waals surface area (Å²) in [6, 6.07) is 12.6. The average Bonchev–Trinajstić information content (AvgIpc) is 2.95. The first kappa shape index (κ1) is 21.4. The van der Waals surface area contributed by atoms with Gasteiger partial charge in [0, 0.05) is 0 Å². The predicted octanol–water partition coefficient (Wildman–Crippen LogP) is 4.72. The minimum absolute atomic E-state index is 0.202. The zero-order valence-corrected chi connectivity index (χ0v) is 18.5. The van der Waals surface area contributed by atoms with Gasteiger partial charge < -0.3 is 14.6 Å². The van der Waals surface area contributed by atoms with Crippen LogP contribution in [0.15, 0.2) is 51.8 Å². The molecule has 1 N–H and O–H groups in total. The Bertz CT molecular complexity index is 994. The number of carboxylic acid groups (broad SMARTS) is 1. The van der Waals surface area contributed by atoms with Crippen molar-refractivity contribution in [3.05, 3.63) is 57.4 Å². The number of benzene rings is 2. The normalized spacial score (nSPS) is 15.1. The van der Waals surface area contributed by atoms with Gasteiger partial charge in [0.2, 0.25) is 0 Å². The Kier molecular flexibility index (Phi) is 6.94. The molecule has 0 radical (unpaired) electrons. The number of anilines is 1. The van der Waals surface area contributed by atoms with Gasteiger partial charge in [0.25, 0.3) is 5.91 Å². The zero-order chi connectivity index (χ0) is 21.0. The number of thioether (sulfide) groups is 1. The Morgan fingerprint density at radius 1 is 1.28 bits per heavy atom. The number of nitrogens with zero attached hydrogens (tertiary/aromatic N) is 1. The van der Waals surface area contributed by atoms with Crippen molar-refractivity contribution in [2.24, 2.45) is 0 Å². The lowest BCUT2D eigenvalue weighted by Crippen LogP contribution is -2.27. The van der Waals surface area contributed by atoms with Gasteiger partial charge in [-0.1, -0.05) is 42.2 Å². The fraction of sp³-hybridized carbons (Fsp3) is 0.150. The van der Waals surface area contributed by atoms with E-state index in [4.69, 9.17) is 26.8 Å². The molecule has 3 rings (SSSR count). The molecule has 1 aliphatic rings. The average molecular weight is 494 g/mol. The molecule has 29 heavy (non-hydrogen) atoms. The number of aliphatic carboxylic acids is 1. The summed E-state index contributed by atoms with van der Waals surface area (Å²) < 4.78 is 11.9. The Hall–Kier alpha value is -2.36. The van der Waals surface area contributed by atoms with Crippen LogP contribution in [0.2, 0.25) is 0 Å².